The Hall–Kier alpha value is -3.53. The quantitative estimate of drug-likeness (QED) is 0.551. The van der Waals surface area contributed by atoms with E-state index < -0.39 is 29.7 Å². The number of rotatable bonds is 7. The molecule has 0 aliphatic carbocycles. The minimum atomic E-state index is -4.80. The van der Waals surface area contributed by atoms with E-state index in [0.717, 1.165) is 12.1 Å². The average molecular weight is 437 g/mol. The molecular weight excluding hydrogens is 419 g/mol. The van der Waals surface area contributed by atoms with Gasteiger partial charge < -0.3 is 24.3 Å². The van der Waals surface area contributed by atoms with Gasteiger partial charge in [-0.3, -0.25) is 4.79 Å². The van der Waals surface area contributed by atoms with Crippen molar-refractivity contribution in [2.75, 3.05) is 13.2 Å². The predicted molar refractivity (Wildman–Crippen MR) is 105 cm³/mol. The Morgan fingerprint density at radius 1 is 1.13 bits per heavy atom. The number of benzene rings is 2. The van der Waals surface area contributed by atoms with Crippen LogP contribution < -0.4 is 20.4 Å². The second-order valence-electron chi connectivity index (χ2n) is 6.66. The molecule has 0 radical (unpaired) electrons. The van der Waals surface area contributed by atoms with E-state index in [1.54, 1.807) is 25.1 Å². The van der Waals surface area contributed by atoms with Crippen LogP contribution in [0.3, 0.4) is 0 Å². The Morgan fingerprint density at radius 3 is 2.45 bits per heavy atom. The van der Waals surface area contributed by atoms with Crippen molar-refractivity contribution in [2.24, 2.45) is 0 Å². The fourth-order valence-corrected chi connectivity index (χ4v) is 2.73. The molecular formula is C21H18F3NO6. The molecule has 0 saturated carbocycles. The normalized spacial score (nSPS) is 12.4. The van der Waals surface area contributed by atoms with E-state index in [-0.39, 0.29) is 24.4 Å². The topological polar surface area (TPSA) is 98.0 Å². The lowest BCUT2D eigenvalue weighted by Gasteiger charge is -2.12. The van der Waals surface area contributed by atoms with E-state index in [2.05, 4.69) is 10.1 Å². The van der Waals surface area contributed by atoms with Crippen LogP contribution in [0.4, 0.5) is 13.2 Å². The smallest absolute Gasteiger partial charge is 0.484 e. The lowest BCUT2D eigenvalue weighted by atomic mass is 10.1. The molecule has 0 unspecified atom stereocenters. The van der Waals surface area contributed by atoms with Gasteiger partial charge in [-0.05, 0) is 42.8 Å². The lowest BCUT2D eigenvalue weighted by molar-refractivity contribution is -0.274. The van der Waals surface area contributed by atoms with E-state index in [1.165, 1.54) is 18.2 Å². The van der Waals surface area contributed by atoms with Crippen molar-refractivity contribution in [1.29, 1.82) is 0 Å². The zero-order chi connectivity index (χ0) is 22.6. The first-order chi connectivity index (χ1) is 14.6. The molecule has 1 aromatic heterocycles. The molecule has 7 nitrogen and oxygen atoms in total. The highest BCUT2D eigenvalue weighted by Gasteiger charge is 2.31. The molecule has 10 heteroatoms. The molecule has 2 N–H and O–H groups in total. The van der Waals surface area contributed by atoms with Crippen LogP contribution in [0.1, 0.15) is 6.92 Å². The van der Waals surface area contributed by atoms with Gasteiger partial charge in [0.05, 0.1) is 12.2 Å². The monoisotopic (exact) mass is 437 g/mol. The van der Waals surface area contributed by atoms with E-state index in [4.69, 9.17) is 14.3 Å². The highest BCUT2D eigenvalue weighted by atomic mass is 19.4. The standard InChI is InChI=1S/C21H18F3NO6/c1-12(10-26)25-19(27)11-29-16-7-4-14-8-17(20(28)30-18(14)9-16)13-2-5-15(6-3-13)31-21(22,23)24/h2-9,12,26H,10-11H2,1H3,(H,25,27)/t12-/m1/s1. The SMILES string of the molecule is C[C@H](CO)NC(=O)COc1ccc2cc(-c3ccc(OC(F)(F)F)cc3)c(=O)oc2c1. The summed E-state index contributed by atoms with van der Waals surface area (Å²) in [5.74, 6) is -0.527. The number of aliphatic hydroxyl groups is 1. The molecule has 1 amide bonds. The average Bonchev–Trinajstić information content (AvgIpc) is 2.71. The summed E-state index contributed by atoms with van der Waals surface area (Å²) in [7, 11) is 0. The van der Waals surface area contributed by atoms with Crippen LogP contribution in [0.15, 0.2) is 57.7 Å². The summed E-state index contributed by atoms with van der Waals surface area (Å²) in [6.45, 7) is 1.15. The van der Waals surface area contributed by atoms with Gasteiger partial charge in [-0.2, -0.15) is 0 Å². The van der Waals surface area contributed by atoms with Crippen LogP contribution in [0.5, 0.6) is 11.5 Å². The van der Waals surface area contributed by atoms with Crippen molar-refractivity contribution >= 4 is 16.9 Å². The fourth-order valence-electron chi connectivity index (χ4n) is 2.73. The van der Waals surface area contributed by atoms with Crippen LogP contribution in [-0.2, 0) is 4.79 Å². The summed E-state index contributed by atoms with van der Waals surface area (Å²) >= 11 is 0. The Morgan fingerprint density at radius 2 is 1.81 bits per heavy atom. The van der Waals surface area contributed by atoms with Gasteiger partial charge in [0, 0.05) is 17.5 Å². The third kappa shape index (κ3) is 5.98. The van der Waals surface area contributed by atoms with Gasteiger partial charge in [-0.15, -0.1) is 13.2 Å². The number of carbonyl (C=O) groups is 1. The van der Waals surface area contributed by atoms with Gasteiger partial charge in [-0.25, -0.2) is 4.79 Å². The first kappa shape index (κ1) is 22.2. The molecule has 0 fully saturated rings. The van der Waals surface area contributed by atoms with Gasteiger partial charge in [-0.1, -0.05) is 12.1 Å². The summed E-state index contributed by atoms with van der Waals surface area (Å²) in [5, 5.41) is 12.0. The van der Waals surface area contributed by atoms with Crippen LogP contribution in [0.2, 0.25) is 0 Å². The molecule has 0 spiro atoms. The van der Waals surface area contributed by atoms with Crippen LogP contribution >= 0.6 is 0 Å². The van der Waals surface area contributed by atoms with Crippen molar-refractivity contribution in [1.82, 2.24) is 5.32 Å². The minimum absolute atomic E-state index is 0.164. The number of ether oxygens (including phenoxy) is 2. The van der Waals surface area contributed by atoms with Crippen molar-refractivity contribution in [2.45, 2.75) is 19.3 Å². The van der Waals surface area contributed by atoms with E-state index in [9.17, 15) is 22.8 Å². The zero-order valence-electron chi connectivity index (χ0n) is 16.2. The van der Waals surface area contributed by atoms with Gasteiger partial charge in [0.2, 0.25) is 0 Å². The lowest BCUT2D eigenvalue weighted by Crippen LogP contribution is -2.38. The molecule has 3 aromatic rings. The Kier molecular flexibility index (Phi) is 6.50. The summed E-state index contributed by atoms with van der Waals surface area (Å²) < 4.78 is 51.3. The number of aliphatic hydroxyl groups excluding tert-OH is 1. The number of hydrogen-bond acceptors (Lipinski definition) is 6. The number of nitrogens with one attached hydrogen (secondary N) is 1. The number of amides is 1. The molecule has 0 bridgehead atoms. The summed E-state index contributed by atoms with van der Waals surface area (Å²) in [4.78, 5) is 24.1. The second-order valence-corrected chi connectivity index (χ2v) is 6.66. The van der Waals surface area contributed by atoms with Gasteiger partial charge in [0.1, 0.15) is 17.1 Å². The van der Waals surface area contributed by atoms with E-state index >= 15 is 0 Å². The number of alkyl halides is 3. The fraction of sp³-hybridized carbons (Fsp3) is 0.238. The maximum atomic E-state index is 12.4. The maximum absolute atomic E-state index is 12.4. The molecule has 164 valence electrons. The van der Waals surface area contributed by atoms with Crippen LogP contribution in [-0.4, -0.2) is 36.6 Å². The van der Waals surface area contributed by atoms with Crippen LogP contribution in [0, 0.1) is 0 Å². The molecule has 31 heavy (non-hydrogen) atoms. The van der Waals surface area contributed by atoms with Crippen molar-refractivity contribution in [3.8, 4) is 22.6 Å². The Labute approximate surface area is 174 Å². The third-order valence-corrected chi connectivity index (χ3v) is 4.16. The molecule has 0 saturated heterocycles. The van der Waals surface area contributed by atoms with Crippen LogP contribution in [0.25, 0.3) is 22.1 Å². The summed E-state index contributed by atoms with van der Waals surface area (Å²) in [6, 6.07) is 10.6. The highest BCUT2D eigenvalue weighted by molar-refractivity contribution is 5.83. The zero-order valence-corrected chi connectivity index (χ0v) is 16.2. The van der Waals surface area contributed by atoms with Gasteiger partial charge in [0.15, 0.2) is 6.61 Å². The number of fused-ring (bicyclic) bond motifs is 1. The van der Waals surface area contributed by atoms with Crippen molar-refractivity contribution < 1.29 is 37.0 Å². The number of hydrogen-bond donors (Lipinski definition) is 2. The Bertz CT molecular complexity index is 1120. The summed E-state index contributed by atoms with van der Waals surface area (Å²) in [5.41, 5.74) is 0.0494. The van der Waals surface area contributed by atoms with Crippen molar-refractivity contribution in [3.05, 3.63) is 59.0 Å². The van der Waals surface area contributed by atoms with Gasteiger partial charge >= 0.3 is 12.0 Å². The minimum Gasteiger partial charge on any atom is -0.484 e. The largest absolute Gasteiger partial charge is 0.573 e. The number of halogens is 3. The molecule has 1 atom stereocenters. The van der Waals surface area contributed by atoms with E-state index in [1.807, 2.05) is 0 Å². The Balaban J connectivity index is 1.77. The van der Waals surface area contributed by atoms with E-state index in [0.29, 0.717) is 16.7 Å². The molecule has 2 aromatic carbocycles. The molecule has 0 aliphatic heterocycles. The third-order valence-electron chi connectivity index (χ3n) is 4.16. The van der Waals surface area contributed by atoms with Crippen molar-refractivity contribution in [3.63, 3.8) is 0 Å². The second kappa shape index (κ2) is 9.09. The highest BCUT2D eigenvalue weighted by Crippen LogP contribution is 2.27. The summed E-state index contributed by atoms with van der Waals surface area (Å²) in [6.07, 6.45) is -4.80. The van der Waals surface area contributed by atoms with Gasteiger partial charge in [0.25, 0.3) is 5.91 Å². The predicted octanol–water partition coefficient (Wildman–Crippen LogP) is 3.23. The first-order valence-electron chi connectivity index (χ1n) is 9.12. The maximum Gasteiger partial charge on any atom is 0.573 e. The molecule has 3 rings (SSSR count). The first-order valence-corrected chi connectivity index (χ1v) is 9.12. The number of carbonyl (C=O) groups excluding carboxylic acids is 1. The molecule has 1 heterocycles. The molecule has 0 aliphatic rings.